The van der Waals surface area contributed by atoms with Crippen molar-refractivity contribution >= 4 is 17.6 Å². The number of nitrogens with one attached hydrogen (secondary N) is 1. The summed E-state index contributed by atoms with van der Waals surface area (Å²) in [5.41, 5.74) is 1.30. The molecule has 0 aliphatic rings. The summed E-state index contributed by atoms with van der Waals surface area (Å²) in [5.74, 6) is -1.38. The average Bonchev–Trinajstić information content (AvgIpc) is 2.79. The Bertz CT molecular complexity index is 1080. The quantitative estimate of drug-likeness (QED) is 0.575. The van der Waals surface area contributed by atoms with Gasteiger partial charge in [0.25, 0.3) is 5.91 Å². The molecule has 1 N–H and O–H groups in total. The van der Waals surface area contributed by atoms with Gasteiger partial charge in [-0.15, -0.1) is 0 Å². The molecule has 0 radical (unpaired) electrons. The van der Waals surface area contributed by atoms with Crippen LogP contribution in [0, 0.1) is 17.1 Å². The number of amides is 1. The monoisotopic (exact) mass is 418 g/mol. The number of halogens is 1. The van der Waals surface area contributed by atoms with Gasteiger partial charge in [0.15, 0.2) is 6.10 Å². The van der Waals surface area contributed by atoms with Gasteiger partial charge in [-0.1, -0.05) is 30.3 Å². The molecule has 6 nitrogen and oxygen atoms in total. The van der Waals surface area contributed by atoms with Crippen molar-refractivity contribution < 1.29 is 23.5 Å². The van der Waals surface area contributed by atoms with Gasteiger partial charge in [-0.25, -0.2) is 9.18 Å². The Balaban J connectivity index is 1.72. The van der Waals surface area contributed by atoms with Crippen molar-refractivity contribution in [2.24, 2.45) is 0 Å². The molecule has 0 saturated carbocycles. The highest BCUT2D eigenvalue weighted by molar-refractivity contribution is 5.96. The predicted molar refractivity (Wildman–Crippen MR) is 112 cm³/mol. The third-order valence-electron chi connectivity index (χ3n) is 4.31. The van der Waals surface area contributed by atoms with E-state index in [4.69, 9.17) is 14.7 Å². The van der Waals surface area contributed by atoms with Gasteiger partial charge in [0, 0.05) is 11.3 Å². The smallest absolute Gasteiger partial charge is 0.348 e. The molecule has 1 amide bonds. The number of hydrogen-bond acceptors (Lipinski definition) is 5. The molecular formula is C24H19FN2O4. The van der Waals surface area contributed by atoms with E-state index in [1.165, 1.54) is 31.2 Å². The van der Waals surface area contributed by atoms with Gasteiger partial charge in [0.2, 0.25) is 6.10 Å². The van der Waals surface area contributed by atoms with Crippen LogP contribution in [0.25, 0.3) is 0 Å². The lowest BCUT2D eigenvalue weighted by atomic mass is 10.1. The number of esters is 1. The molecule has 0 unspecified atom stereocenters. The van der Waals surface area contributed by atoms with E-state index in [1.807, 2.05) is 6.07 Å². The number of nitrogens with zero attached hydrogens (tertiary/aromatic N) is 1. The predicted octanol–water partition coefficient (Wildman–Crippen LogP) is 4.39. The number of carbonyl (C=O) groups excluding carboxylic acids is 2. The van der Waals surface area contributed by atoms with Crippen molar-refractivity contribution in [2.45, 2.75) is 19.1 Å². The molecule has 0 saturated heterocycles. The molecule has 0 aromatic heterocycles. The number of rotatable bonds is 7. The van der Waals surface area contributed by atoms with E-state index in [1.54, 1.807) is 54.6 Å². The fourth-order valence-electron chi connectivity index (χ4n) is 2.71. The molecule has 0 bridgehead atoms. The largest absolute Gasteiger partial charge is 0.479 e. The lowest BCUT2D eigenvalue weighted by molar-refractivity contribution is -0.161. The Kier molecular flexibility index (Phi) is 6.97. The first-order valence-corrected chi connectivity index (χ1v) is 9.45. The maximum absolute atomic E-state index is 13.1. The lowest BCUT2D eigenvalue weighted by Crippen LogP contribution is -2.32. The van der Waals surface area contributed by atoms with Gasteiger partial charge in [0.05, 0.1) is 11.6 Å². The van der Waals surface area contributed by atoms with Crippen LogP contribution in [0.1, 0.15) is 24.2 Å². The molecule has 3 aromatic carbocycles. The maximum atomic E-state index is 13.1. The second-order valence-corrected chi connectivity index (χ2v) is 6.62. The molecule has 0 fully saturated rings. The van der Waals surface area contributed by atoms with Crippen LogP contribution in [0.2, 0.25) is 0 Å². The molecule has 0 heterocycles. The van der Waals surface area contributed by atoms with E-state index in [0.717, 1.165) is 0 Å². The molecule has 156 valence electrons. The van der Waals surface area contributed by atoms with Crippen LogP contribution >= 0.6 is 0 Å². The second-order valence-electron chi connectivity index (χ2n) is 6.62. The molecule has 2 atom stereocenters. The molecule has 31 heavy (non-hydrogen) atoms. The minimum absolute atomic E-state index is 0.366. The van der Waals surface area contributed by atoms with Crippen LogP contribution in [0.3, 0.4) is 0 Å². The maximum Gasteiger partial charge on any atom is 0.348 e. The van der Waals surface area contributed by atoms with Gasteiger partial charge in [-0.2, -0.15) is 5.26 Å². The van der Waals surface area contributed by atoms with Crippen molar-refractivity contribution in [3.63, 3.8) is 0 Å². The summed E-state index contributed by atoms with van der Waals surface area (Å²) in [5, 5.41) is 11.5. The highest BCUT2D eigenvalue weighted by Crippen LogP contribution is 2.22. The summed E-state index contributed by atoms with van der Waals surface area (Å²) in [6.07, 6.45) is -2.23. The Labute approximate surface area is 178 Å². The summed E-state index contributed by atoms with van der Waals surface area (Å²) < 4.78 is 24.2. The zero-order valence-corrected chi connectivity index (χ0v) is 16.6. The number of carbonyl (C=O) groups is 2. The summed E-state index contributed by atoms with van der Waals surface area (Å²) >= 11 is 0. The number of ether oxygens (including phenoxy) is 2. The minimum Gasteiger partial charge on any atom is -0.479 e. The van der Waals surface area contributed by atoms with Gasteiger partial charge in [-0.3, -0.25) is 4.79 Å². The molecule has 7 heteroatoms. The molecular weight excluding hydrogens is 399 g/mol. The van der Waals surface area contributed by atoms with Crippen LogP contribution in [-0.4, -0.2) is 18.0 Å². The van der Waals surface area contributed by atoms with E-state index < -0.39 is 29.9 Å². The van der Waals surface area contributed by atoms with Gasteiger partial charge in [0.1, 0.15) is 11.6 Å². The van der Waals surface area contributed by atoms with Crippen LogP contribution in [-0.2, 0) is 14.3 Å². The highest BCUT2D eigenvalue weighted by atomic mass is 19.1. The fourth-order valence-corrected chi connectivity index (χ4v) is 2.71. The Morgan fingerprint density at radius 2 is 1.61 bits per heavy atom. The first-order chi connectivity index (χ1) is 15.0. The average molecular weight is 418 g/mol. The first kappa shape index (κ1) is 21.5. The summed E-state index contributed by atoms with van der Waals surface area (Å²) in [6.45, 7) is 1.50. The van der Waals surface area contributed by atoms with Crippen molar-refractivity contribution in [1.29, 1.82) is 5.26 Å². The topological polar surface area (TPSA) is 88.4 Å². The number of anilines is 1. The third-order valence-corrected chi connectivity index (χ3v) is 4.31. The second kappa shape index (κ2) is 10.0. The van der Waals surface area contributed by atoms with E-state index in [9.17, 15) is 14.0 Å². The van der Waals surface area contributed by atoms with E-state index in [-0.39, 0.29) is 0 Å². The number of hydrogen-bond donors (Lipinski definition) is 1. The van der Waals surface area contributed by atoms with Crippen LogP contribution in [0.4, 0.5) is 10.1 Å². The van der Waals surface area contributed by atoms with Crippen LogP contribution in [0.5, 0.6) is 5.75 Å². The van der Waals surface area contributed by atoms with Gasteiger partial charge in [-0.05, 0) is 55.5 Å². The SMILES string of the molecule is C[C@H](Oc1ccc(C#N)cc1)C(=O)O[C@H](C(=O)Nc1ccc(F)cc1)c1ccccc1. The van der Waals surface area contributed by atoms with E-state index in [0.29, 0.717) is 22.6 Å². The normalized spacial score (nSPS) is 12.2. The molecule has 3 aromatic rings. The van der Waals surface area contributed by atoms with Gasteiger partial charge >= 0.3 is 5.97 Å². The third kappa shape index (κ3) is 5.90. The van der Waals surface area contributed by atoms with E-state index >= 15 is 0 Å². The Hall–Kier alpha value is -4.18. The zero-order valence-electron chi connectivity index (χ0n) is 16.6. The highest BCUT2D eigenvalue weighted by Gasteiger charge is 2.28. The van der Waals surface area contributed by atoms with Crippen molar-refractivity contribution in [1.82, 2.24) is 0 Å². The molecule has 3 rings (SSSR count). The van der Waals surface area contributed by atoms with Crippen LogP contribution < -0.4 is 10.1 Å². The lowest BCUT2D eigenvalue weighted by Gasteiger charge is -2.21. The van der Waals surface area contributed by atoms with E-state index in [2.05, 4.69) is 5.32 Å². The van der Waals surface area contributed by atoms with Crippen molar-refractivity contribution in [3.05, 3.63) is 95.8 Å². The van der Waals surface area contributed by atoms with Gasteiger partial charge < -0.3 is 14.8 Å². The molecule has 0 spiro atoms. The summed E-state index contributed by atoms with van der Waals surface area (Å²) in [4.78, 5) is 25.5. The number of nitriles is 1. The Morgan fingerprint density at radius 3 is 2.23 bits per heavy atom. The summed E-state index contributed by atoms with van der Waals surface area (Å²) in [7, 11) is 0. The van der Waals surface area contributed by atoms with Crippen molar-refractivity contribution in [3.8, 4) is 11.8 Å². The number of benzene rings is 3. The van der Waals surface area contributed by atoms with Crippen molar-refractivity contribution in [2.75, 3.05) is 5.32 Å². The minimum atomic E-state index is -1.23. The molecule has 0 aliphatic carbocycles. The molecule has 0 aliphatic heterocycles. The summed E-state index contributed by atoms with van der Waals surface area (Å²) in [6, 6.07) is 22.1. The zero-order chi connectivity index (χ0) is 22.2. The first-order valence-electron chi connectivity index (χ1n) is 9.45. The Morgan fingerprint density at radius 1 is 0.968 bits per heavy atom. The standard InChI is InChI=1S/C24H19FN2O4/c1-16(30-21-13-7-17(15-26)8-14-21)24(29)31-22(18-5-3-2-4-6-18)23(28)27-20-11-9-19(25)10-12-20/h2-14,16,22H,1H3,(H,27,28)/t16-,22-/m0/s1. The fraction of sp³-hybridized carbons (Fsp3) is 0.125. The van der Waals surface area contributed by atoms with Crippen LogP contribution in [0.15, 0.2) is 78.9 Å².